The standard InChI is InChI=1S/C11H22.C3H4O4/c1-4-7-9-11(6-3)10-8-5-2;4-2(5)1-3(6)7/h6H,4-5,7-10H2,1-3H3;1H2,(H,4,5)(H,6,7). The average molecular weight is 258 g/mol. The van der Waals surface area contributed by atoms with Crippen molar-refractivity contribution in [3.8, 4) is 0 Å². The Morgan fingerprint density at radius 2 is 1.33 bits per heavy atom. The largest absolute Gasteiger partial charge is 0.481 e. The topological polar surface area (TPSA) is 74.6 Å². The minimum Gasteiger partial charge on any atom is -0.481 e. The Kier molecular flexibility index (Phi) is 14.5. The van der Waals surface area contributed by atoms with Gasteiger partial charge in [0.05, 0.1) is 0 Å². The average Bonchev–Trinajstić information content (AvgIpc) is 2.28. The molecule has 0 atom stereocenters. The lowest BCUT2D eigenvalue weighted by molar-refractivity contribution is -0.147. The summed E-state index contributed by atoms with van der Waals surface area (Å²) in [5.74, 6) is -2.62. The third-order valence-electron chi connectivity index (χ3n) is 2.41. The van der Waals surface area contributed by atoms with Gasteiger partial charge in [-0.1, -0.05) is 38.3 Å². The molecule has 0 spiro atoms. The zero-order valence-electron chi connectivity index (χ0n) is 11.7. The highest BCUT2D eigenvalue weighted by Crippen LogP contribution is 2.14. The molecule has 0 amide bonds. The van der Waals surface area contributed by atoms with Crippen LogP contribution in [0.15, 0.2) is 11.6 Å². The van der Waals surface area contributed by atoms with Gasteiger partial charge in [-0.2, -0.15) is 0 Å². The van der Waals surface area contributed by atoms with Gasteiger partial charge in [0.1, 0.15) is 6.42 Å². The fourth-order valence-electron chi connectivity index (χ4n) is 1.35. The first-order valence-electron chi connectivity index (χ1n) is 6.55. The molecule has 0 aromatic carbocycles. The second-order valence-corrected chi connectivity index (χ2v) is 4.12. The Morgan fingerprint density at radius 1 is 0.944 bits per heavy atom. The Morgan fingerprint density at radius 3 is 1.50 bits per heavy atom. The van der Waals surface area contributed by atoms with Crippen LogP contribution in [0, 0.1) is 0 Å². The van der Waals surface area contributed by atoms with Crippen LogP contribution in [0.4, 0.5) is 0 Å². The van der Waals surface area contributed by atoms with E-state index in [9.17, 15) is 9.59 Å². The number of aliphatic carboxylic acids is 2. The van der Waals surface area contributed by atoms with Crippen molar-refractivity contribution >= 4 is 11.9 Å². The molecular formula is C14H26O4. The summed E-state index contributed by atoms with van der Waals surface area (Å²) in [5, 5.41) is 15.4. The molecule has 0 fully saturated rings. The molecule has 18 heavy (non-hydrogen) atoms. The van der Waals surface area contributed by atoms with Crippen molar-refractivity contribution in [2.45, 2.75) is 65.7 Å². The summed E-state index contributed by atoms with van der Waals surface area (Å²) in [5.41, 5.74) is 1.66. The molecule has 0 bridgehead atoms. The summed E-state index contributed by atoms with van der Waals surface area (Å²) in [7, 11) is 0. The van der Waals surface area contributed by atoms with Gasteiger partial charge in [-0.15, -0.1) is 0 Å². The maximum absolute atomic E-state index is 9.43. The second-order valence-electron chi connectivity index (χ2n) is 4.12. The Hall–Kier alpha value is -1.32. The first kappa shape index (κ1) is 19.0. The number of hydrogen-bond acceptors (Lipinski definition) is 2. The normalized spacial score (nSPS) is 9.06. The van der Waals surface area contributed by atoms with Gasteiger partial charge in [0.15, 0.2) is 0 Å². The first-order valence-corrected chi connectivity index (χ1v) is 6.55. The van der Waals surface area contributed by atoms with E-state index in [0.29, 0.717) is 0 Å². The molecule has 0 radical (unpaired) electrons. The number of carboxylic acids is 2. The van der Waals surface area contributed by atoms with Crippen molar-refractivity contribution in [1.82, 2.24) is 0 Å². The van der Waals surface area contributed by atoms with Crippen LogP contribution in [0.5, 0.6) is 0 Å². The smallest absolute Gasteiger partial charge is 0.314 e. The molecular weight excluding hydrogens is 232 g/mol. The van der Waals surface area contributed by atoms with Gasteiger partial charge in [-0.25, -0.2) is 0 Å². The van der Waals surface area contributed by atoms with E-state index in [0.717, 1.165) is 0 Å². The lowest BCUT2D eigenvalue weighted by Gasteiger charge is -2.03. The van der Waals surface area contributed by atoms with E-state index in [1.54, 1.807) is 5.57 Å². The predicted octanol–water partition coefficient (Wildman–Crippen LogP) is 3.86. The van der Waals surface area contributed by atoms with Gasteiger partial charge in [-0.05, 0) is 32.6 Å². The summed E-state index contributed by atoms with van der Waals surface area (Å²) in [6.45, 7) is 6.68. The van der Waals surface area contributed by atoms with Crippen molar-refractivity contribution in [3.05, 3.63) is 11.6 Å². The van der Waals surface area contributed by atoms with Crippen LogP contribution in [-0.2, 0) is 9.59 Å². The number of carboxylic acid groups (broad SMARTS) is 2. The number of hydrogen-bond donors (Lipinski definition) is 2. The van der Waals surface area contributed by atoms with Crippen LogP contribution < -0.4 is 0 Å². The highest BCUT2D eigenvalue weighted by atomic mass is 16.4. The zero-order chi connectivity index (χ0) is 14.4. The SMILES string of the molecule is CC=C(CCCC)CCCC.O=C(O)CC(=O)O. The fraction of sp³-hybridized carbons (Fsp3) is 0.714. The van der Waals surface area contributed by atoms with Crippen LogP contribution >= 0.6 is 0 Å². The number of carbonyl (C=O) groups is 2. The van der Waals surface area contributed by atoms with Crippen LogP contribution in [0.25, 0.3) is 0 Å². The van der Waals surface area contributed by atoms with Crippen molar-refractivity contribution in [2.75, 3.05) is 0 Å². The molecule has 0 rings (SSSR count). The molecule has 0 aromatic heterocycles. The molecule has 0 aromatic rings. The molecule has 0 heterocycles. The van der Waals surface area contributed by atoms with E-state index in [1.165, 1.54) is 38.5 Å². The second kappa shape index (κ2) is 13.7. The van der Waals surface area contributed by atoms with E-state index in [4.69, 9.17) is 10.2 Å². The fourth-order valence-corrected chi connectivity index (χ4v) is 1.35. The van der Waals surface area contributed by atoms with Gasteiger partial charge in [-0.3, -0.25) is 9.59 Å². The molecule has 2 N–H and O–H groups in total. The quantitative estimate of drug-likeness (QED) is 0.512. The van der Waals surface area contributed by atoms with Gasteiger partial charge < -0.3 is 10.2 Å². The van der Waals surface area contributed by atoms with Gasteiger partial charge >= 0.3 is 11.9 Å². The summed E-state index contributed by atoms with van der Waals surface area (Å²) in [6.07, 6.45) is 9.52. The molecule has 106 valence electrons. The Bertz CT molecular complexity index is 235. The lowest BCUT2D eigenvalue weighted by Crippen LogP contribution is -2.03. The minimum absolute atomic E-state index is 0.806. The Balaban J connectivity index is 0. The van der Waals surface area contributed by atoms with Crippen molar-refractivity contribution < 1.29 is 19.8 Å². The molecule has 0 unspecified atom stereocenters. The van der Waals surface area contributed by atoms with Crippen molar-refractivity contribution in [2.24, 2.45) is 0 Å². The highest BCUT2D eigenvalue weighted by molar-refractivity contribution is 5.88. The number of unbranched alkanes of at least 4 members (excludes halogenated alkanes) is 2. The maximum Gasteiger partial charge on any atom is 0.314 e. The van der Waals surface area contributed by atoms with E-state index in [-0.39, 0.29) is 0 Å². The van der Waals surface area contributed by atoms with Crippen molar-refractivity contribution in [1.29, 1.82) is 0 Å². The molecule has 0 aliphatic rings. The number of rotatable bonds is 8. The van der Waals surface area contributed by atoms with Gasteiger partial charge in [0.25, 0.3) is 0 Å². The van der Waals surface area contributed by atoms with Crippen LogP contribution in [0.1, 0.15) is 65.7 Å². The maximum atomic E-state index is 9.43. The minimum atomic E-state index is -1.31. The van der Waals surface area contributed by atoms with Crippen LogP contribution in [-0.4, -0.2) is 22.2 Å². The number of allylic oxidation sites excluding steroid dienone is 2. The van der Waals surface area contributed by atoms with E-state index < -0.39 is 18.4 Å². The molecule has 0 saturated carbocycles. The third kappa shape index (κ3) is 17.1. The van der Waals surface area contributed by atoms with E-state index in [2.05, 4.69) is 26.8 Å². The predicted molar refractivity (Wildman–Crippen MR) is 72.7 cm³/mol. The highest BCUT2D eigenvalue weighted by Gasteiger charge is 2.01. The van der Waals surface area contributed by atoms with Crippen molar-refractivity contribution in [3.63, 3.8) is 0 Å². The summed E-state index contributed by atoms with van der Waals surface area (Å²) >= 11 is 0. The zero-order valence-corrected chi connectivity index (χ0v) is 11.7. The molecule has 0 saturated heterocycles. The van der Waals surface area contributed by atoms with Crippen LogP contribution in [0.3, 0.4) is 0 Å². The van der Waals surface area contributed by atoms with Crippen LogP contribution in [0.2, 0.25) is 0 Å². The summed E-state index contributed by atoms with van der Waals surface area (Å²) < 4.78 is 0. The summed E-state index contributed by atoms with van der Waals surface area (Å²) in [4.78, 5) is 18.9. The lowest BCUT2D eigenvalue weighted by atomic mass is 10.0. The van der Waals surface area contributed by atoms with Gasteiger partial charge in [0, 0.05) is 0 Å². The molecule has 0 aliphatic heterocycles. The van der Waals surface area contributed by atoms with Gasteiger partial charge in [0.2, 0.25) is 0 Å². The Labute approximate surface area is 110 Å². The van der Waals surface area contributed by atoms with E-state index >= 15 is 0 Å². The molecule has 4 nitrogen and oxygen atoms in total. The monoisotopic (exact) mass is 258 g/mol. The third-order valence-corrected chi connectivity index (χ3v) is 2.41. The first-order chi connectivity index (χ1) is 8.47. The summed E-state index contributed by atoms with van der Waals surface area (Å²) in [6, 6.07) is 0. The van der Waals surface area contributed by atoms with E-state index in [1.807, 2.05) is 0 Å². The molecule has 0 aliphatic carbocycles. The molecule has 4 heteroatoms.